The number of rotatable bonds is 6. The fourth-order valence-electron chi connectivity index (χ4n) is 1.50. The maximum absolute atomic E-state index is 13.4. The van der Waals surface area contributed by atoms with Crippen molar-refractivity contribution in [1.82, 2.24) is 0 Å². The van der Waals surface area contributed by atoms with Crippen molar-refractivity contribution < 1.29 is 13.5 Å². The highest BCUT2D eigenvalue weighted by Crippen LogP contribution is 2.23. The average molecular weight is 243 g/mol. The summed E-state index contributed by atoms with van der Waals surface area (Å²) in [4.78, 5) is 0. The Labute approximate surface area is 101 Å². The summed E-state index contributed by atoms with van der Waals surface area (Å²) in [7, 11) is 0. The lowest BCUT2D eigenvalue weighted by Crippen LogP contribution is -2.21. The zero-order chi connectivity index (χ0) is 12.8. The molecule has 96 valence electrons. The molecule has 0 aliphatic rings. The van der Waals surface area contributed by atoms with Crippen LogP contribution in [0.3, 0.4) is 0 Å². The Hall–Kier alpha value is -1.16. The topological polar surface area (TPSA) is 35.2 Å². The van der Waals surface area contributed by atoms with Crippen LogP contribution in [0.5, 0.6) is 5.75 Å². The number of benzene rings is 1. The Kier molecular flexibility index (Phi) is 5.35. The van der Waals surface area contributed by atoms with Crippen molar-refractivity contribution in [2.24, 2.45) is 5.73 Å². The van der Waals surface area contributed by atoms with Gasteiger partial charge in [0.15, 0.2) is 11.6 Å². The molecule has 2 nitrogen and oxygen atoms in total. The molecule has 0 amide bonds. The van der Waals surface area contributed by atoms with Crippen LogP contribution in [0.4, 0.5) is 8.78 Å². The Morgan fingerprint density at radius 2 is 2.00 bits per heavy atom. The molecule has 1 aromatic rings. The number of halogens is 2. The molecule has 0 saturated heterocycles. The van der Waals surface area contributed by atoms with Gasteiger partial charge in [-0.2, -0.15) is 4.39 Å². The molecule has 0 bridgehead atoms. The third-order valence-electron chi connectivity index (χ3n) is 2.54. The summed E-state index contributed by atoms with van der Waals surface area (Å²) < 4.78 is 31.9. The molecule has 2 N–H and O–H groups in total. The predicted octanol–water partition coefficient (Wildman–Crippen LogP) is 3.03. The highest BCUT2D eigenvalue weighted by molar-refractivity contribution is 5.32. The van der Waals surface area contributed by atoms with Crippen LogP contribution in [0.2, 0.25) is 0 Å². The summed E-state index contributed by atoms with van der Waals surface area (Å²) in [6, 6.07) is 2.67. The van der Waals surface area contributed by atoms with Crippen molar-refractivity contribution in [3.8, 4) is 5.75 Å². The molecule has 1 rings (SSSR count). The zero-order valence-corrected chi connectivity index (χ0v) is 10.3. The van der Waals surface area contributed by atoms with Crippen LogP contribution >= 0.6 is 0 Å². The summed E-state index contributed by atoms with van der Waals surface area (Å²) in [5, 5.41) is 0. The van der Waals surface area contributed by atoms with Crippen LogP contribution in [0, 0.1) is 11.6 Å². The number of nitrogens with two attached hydrogens (primary N) is 1. The van der Waals surface area contributed by atoms with Crippen molar-refractivity contribution in [3.63, 3.8) is 0 Å². The van der Waals surface area contributed by atoms with Gasteiger partial charge in [0.1, 0.15) is 0 Å². The van der Waals surface area contributed by atoms with Crippen molar-refractivity contribution in [2.75, 3.05) is 6.61 Å². The Morgan fingerprint density at radius 3 is 2.59 bits per heavy atom. The molecule has 0 heterocycles. The lowest BCUT2D eigenvalue weighted by Gasteiger charge is -2.12. The van der Waals surface area contributed by atoms with Gasteiger partial charge in [-0.1, -0.05) is 13.8 Å². The second kappa shape index (κ2) is 6.55. The van der Waals surface area contributed by atoms with Gasteiger partial charge >= 0.3 is 0 Å². The Balaban J connectivity index is 2.89. The van der Waals surface area contributed by atoms with Gasteiger partial charge in [0.2, 0.25) is 5.82 Å². The zero-order valence-electron chi connectivity index (χ0n) is 10.3. The van der Waals surface area contributed by atoms with E-state index >= 15 is 0 Å². The minimum atomic E-state index is -0.924. The summed E-state index contributed by atoms with van der Waals surface area (Å²) in [5.74, 6) is -1.82. The second-order valence-electron chi connectivity index (χ2n) is 4.11. The molecule has 0 aliphatic heterocycles. The molecule has 0 saturated carbocycles. The smallest absolute Gasteiger partial charge is 0.200 e. The highest BCUT2D eigenvalue weighted by atomic mass is 19.2. The number of hydrogen-bond donors (Lipinski definition) is 1. The fourth-order valence-corrected chi connectivity index (χ4v) is 1.50. The van der Waals surface area contributed by atoms with Gasteiger partial charge < -0.3 is 10.5 Å². The normalized spacial score (nSPS) is 12.5. The van der Waals surface area contributed by atoms with Crippen molar-refractivity contribution in [2.45, 2.75) is 39.2 Å². The van der Waals surface area contributed by atoms with Gasteiger partial charge in [-0.25, -0.2) is 4.39 Å². The molecule has 0 spiro atoms. The molecular formula is C13H19F2NO. The molecule has 0 aliphatic carbocycles. The van der Waals surface area contributed by atoms with E-state index in [-0.39, 0.29) is 11.8 Å². The van der Waals surface area contributed by atoms with Gasteiger partial charge in [0, 0.05) is 6.04 Å². The van der Waals surface area contributed by atoms with Gasteiger partial charge in [-0.05, 0) is 37.0 Å². The Bertz CT molecular complexity index is 369. The van der Waals surface area contributed by atoms with E-state index < -0.39 is 11.6 Å². The van der Waals surface area contributed by atoms with E-state index in [1.54, 1.807) is 0 Å². The van der Waals surface area contributed by atoms with Crippen LogP contribution in [0.25, 0.3) is 0 Å². The van der Waals surface area contributed by atoms with E-state index in [1.165, 1.54) is 12.1 Å². The van der Waals surface area contributed by atoms with Gasteiger partial charge in [-0.3, -0.25) is 0 Å². The highest BCUT2D eigenvalue weighted by Gasteiger charge is 2.13. The van der Waals surface area contributed by atoms with E-state index in [1.807, 2.05) is 13.8 Å². The minimum Gasteiger partial charge on any atom is -0.490 e. The fraction of sp³-hybridized carbons (Fsp3) is 0.538. The van der Waals surface area contributed by atoms with Crippen LogP contribution in [0.1, 0.15) is 32.3 Å². The average Bonchev–Trinajstić information content (AvgIpc) is 2.31. The molecule has 0 aromatic heterocycles. The SMILES string of the molecule is CCCOc1cc(CC(N)CC)cc(F)c1F. The minimum absolute atomic E-state index is 0.0230. The van der Waals surface area contributed by atoms with Crippen molar-refractivity contribution in [3.05, 3.63) is 29.3 Å². The summed E-state index contributed by atoms with van der Waals surface area (Å²) in [6.45, 7) is 4.24. The standard InChI is InChI=1S/C13H19F2NO/c1-3-5-17-12-8-9(6-10(16)4-2)7-11(14)13(12)15/h7-8,10H,3-6,16H2,1-2H3. The summed E-state index contributed by atoms with van der Waals surface area (Å²) >= 11 is 0. The maximum Gasteiger partial charge on any atom is 0.200 e. The quantitative estimate of drug-likeness (QED) is 0.833. The van der Waals surface area contributed by atoms with E-state index in [9.17, 15) is 8.78 Å². The largest absolute Gasteiger partial charge is 0.490 e. The molecule has 1 aromatic carbocycles. The van der Waals surface area contributed by atoms with Crippen molar-refractivity contribution in [1.29, 1.82) is 0 Å². The van der Waals surface area contributed by atoms with E-state index in [4.69, 9.17) is 10.5 Å². The molecule has 4 heteroatoms. The first-order valence-electron chi connectivity index (χ1n) is 5.94. The lowest BCUT2D eigenvalue weighted by atomic mass is 10.0. The van der Waals surface area contributed by atoms with Crippen LogP contribution in [0.15, 0.2) is 12.1 Å². The molecule has 1 unspecified atom stereocenters. The monoisotopic (exact) mass is 243 g/mol. The first kappa shape index (κ1) is 13.9. The number of ether oxygens (including phenoxy) is 1. The van der Waals surface area contributed by atoms with Gasteiger partial charge in [-0.15, -0.1) is 0 Å². The van der Waals surface area contributed by atoms with Gasteiger partial charge in [0.05, 0.1) is 6.61 Å². The third kappa shape index (κ3) is 3.97. The first-order valence-corrected chi connectivity index (χ1v) is 5.94. The third-order valence-corrected chi connectivity index (χ3v) is 2.54. The van der Waals surface area contributed by atoms with Gasteiger partial charge in [0.25, 0.3) is 0 Å². The summed E-state index contributed by atoms with van der Waals surface area (Å²) in [5.41, 5.74) is 6.46. The van der Waals surface area contributed by atoms with E-state index in [0.717, 1.165) is 12.8 Å². The van der Waals surface area contributed by atoms with E-state index in [2.05, 4.69) is 0 Å². The van der Waals surface area contributed by atoms with Crippen molar-refractivity contribution >= 4 is 0 Å². The second-order valence-corrected chi connectivity index (χ2v) is 4.11. The van der Waals surface area contributed by atoms with E-state index in [0.29, 0.717) is 18.6 Å². The molecular weight excluding hydrogens is 224 g/mol. The predicted molar refractivity (Wildman–Crippen MR) is 64.1 cm³/mol. The number of hydrogen-bond acceptors (Lipinski definition) is 2. The van der Waals surface area contributed by atoms with Crippen LogP contribution in [-0.4, -0.2) is 12.6 Å². The summed E-state index contributed by atoms with van der Waals surface area (Å²) in [6.07, 6.45) is 2.07. The van der Waals surface area contributed by atoms with Crippen LogP contribution < -0.4 is 10.5 Å². The van der Waals surface area contributed by atoms with Crippen LogP contribution in [-0.2, 0) is 6.42 Å². The molecule has 0 radical (unpaired) electrons. The molecule has 1 atom stereocenters. The Morgan fingerprint density at radius 1 is 1.29 bits per heavy atom. The molecule has 17 heavy (non-hydrogen) atoms. The lowest BCUT2D eigenvalue weighted by molar-refractivity contribution is 0.294. The molecule has 0 fully saturated rings. The maximum atomic E-state index is 13.4. The first-order chi connectivity index (χ1) is 8.08.